The molecule has 1 amide bonds. The number of hydrogen-bond acceptors (Lipinski definition) is 3. The average Bonchev–Trinajstić information content (AvgIpc) is 2.41. The summed E-state index contributed by atoms with van der Waals surface area (Å²) in [4.78, 5) is 27.1. The van der Waals surface area contributed by atoms with Crippen LogP contribution in [0.2, 0.25) is 0 Å². The molecule has 0 atom stereocenters. The van der Waals surface area contributed by atoms with Gasteiger partial charge < -0.3 is 10.4 Å². The van der Waals surface area contributed by atoms with Crippen LogP contribution in [0.4, 0.5) is 5.69 Å². The number of pyridine rings is 1. The molecule has 0 aliphatic carbocycles. The number of rotatable bonds is 3. The molecule has 0 aliphatic heterocycles. The van der Waals surface area contributed by atoms with E-state index in [4.69, 9.17) is 5.11 Å². The van der Waals surface area contributed by atoms with Crippen LogP contribution in [0.5, 0.6) is 0 Å². The first-order valence-electron chi connectivity index (χ1n) is 6.17. The summed E-state index contributed by atoms with van der Waals surface area (Å²) in [6.45, 7) is 3.51. The highest BCUT2D eigenvalue weighted by Crippen LogP contribution is 2.23. The third kappa shape index (κ3) is 3.46. The van der Waals surface area contributed by atoms with Crippen molar-refractivity contribution in [2.45, 2.75) is 13.8 Å². The fraction of sp³-hybridized carbons (Fsp3) is 0.133. The van der Waals surface area contributed by atoms with Crippen molar-refractivity contribution in [3.8, 4) is 0 Å². The molecule has 2 N–H and O–H groups in total. The molecule has 1 aromatic carbocycles. The Balaban J connectivity index is 2.24. The molecule has 0 radical (unpaired) electrons. The van der Waals surface area contributed by atoms with Crippen molar-refractivity contribution in [3.05, 3.63) is 57.3 Å². The second kappa shape index (κ2) is 6.05. The second-order valence-electron chi connectivity index (χ2n) is 4.57. The Labute approximate surface area is 130 Å². The van der Waals surface area contributed by atoms with Crippen molar-refractivity contribution in [1.29, 1.82) is 0 Å². The molecule has 0 spiro atoms. The number of aromatic carboxylic acids is 1. The molecule has 108 valence electrons. The summed E-state index contributed by atoms with van der Waals surface area (Å²) in [6, 6.07) is 8.34. The Morgan fingerprint density at radius 1 is 1.19 bits per heavy atom. The van der Waals surface area contributed by atoms with Crippen LogP contribution in [0.25, 0.3) is 0 Å². The van der Waals surface area contributed by atoms with Crippen LogP contribution < -0.4 is 5.32 Å². The van der Waals surface area contributed by atoms with Crippen molar-refractivity contribution in [2.24, 2.45) is 0 Å². The van der Waals surface area contributed by atoms with Crippen LogP contribution in [0.15, 0.2) is 34.8 Å². The molecule has 1 heterocycles. The lowest BCUT2D eigenvalue weighted by molar-refractivity contribution is 0.0695. The highest BCUT2D eigenvalue weighted by molar-refractivity contribution is 9.10. The maximum atomic E-state index is 12.1. The minimum absolute atomic E-state index is 0.0862. The number of carbonyl (C=O) groups excluding carboxylic acids is 1. The fourth-order valence-corrected chi connectivity index (χ4v) is 2.41. The molecule has 0 aliphatic rings. The van der Waals surface area contributed by atoms with Crippen LogP contribution in [0.3, 0.4) is 0 Å². The van der Waals surface area contributed by atoms with Crippen molar-refractivity contribution in [1.82, 2.24) is 4.98 Å². The van der Waals surface area contributed by atoms with E-state index in [-0.39, 0.29) is 17.2 Å². The number of carbonyl (C=O) groups is 2. The maximum Gasteiger partial charge on any atom is 0.337 e. The SMILES string of the molecule is Cc1ccc(NC(=O)c2ccc(C(=O)O)c(C)n2)c(Br)c1. The Hall–Kier alpha value is -2.21. The predicted molar refractivity (Wildman–Crippen MR) is 82.8 cm³/mol. The minimum atomic E-state index is -1.06. The second-order valence-corrected chi connectivity index (χ2v) is 5.43. The topological polar surface area (TPSA) is 79.3 Å². The van der Waals surface area contributed by atoms with Crippen LogP contribution >= 0.6 is 15.9 Å². The summed E-state index contributed by atoms with van der Waals surface area (Å²) in [5, 5.41) is 11.7. The smallest absolute Gasteiger partial charge is 0.337 e. The van der Waals surface area contributed by atoms with Gasteiger partial charge in [0.05, 0.1) is 16.9 Å². The Morgan fingerprint density at radius 2 is 1.90 bits per heavy atom. The number of anilines is 1. The standard InChI is InChI=1S/C15H13BrN2O3/c1-8-3-5-12(11(16)7-8)18-14(19)13-6-4-10(15(20)21)9(2)17-13/h3-7H,1-2H3,(H,18,19)(H,20,21). The Kier molecular flexibility index (Phi) is 4.37. The van der Waals surface area contributed by atoms with Gasteiger partial charge in [0.25, 0.3) is 5.91 Å². The number of hydrogen-bond donors (Lipinski definition) is 2. The number of carboxylic acid groups (broad SMARTS) is 1. The van der Waals surface area contributed by atoms with Gasteiger partial charge in [-0.05, 0) is 59.6 Å². The number of nitrogens with zero attached hydrogens (tertiary/aromatic N) is 1. The van der Waals surface area contributed by atoms with Crippen molar-refractivity contribution in [2.75, 3.05) is 5.32 Å². The highest BCUT2D eigenvalue weighted by Gasteiger charge is 2.14. The summed E-state index contributed by atoms with van der Waals surface area (Å²) in [7, 11) is 0. The zero-order valence-corrected chi connectivity index (χ0v) is 13.1. The van der Waals surface area contributed by atoms with Gasteiger partial charge in [0.15, 0.2) is 0 Å². The molecular weight excluding hydrogens is 336 g/mol. The van der Waals surface area contributed by atoms with E-state index in [1.54, 1.807) is 13.0 Å². The Bertz CT molecular complexity index is 729. The molecule has 0 fully saturated rings. The summed E-state index contributed by atoms with van der Waals surface area (Å²) in [5.41, 5.74) is 2.26. The predicted octanol–water partition coefficient (Wildman–Crippen LogP) is 3.41. The molecule has 0 saturated carbocycles. The number of carboxylic acids is 1. The quantitative estimate of drug-likeness (QED) is 0.890. The molecule has 0 bridgehead atoms. The lowest BCUT2D eigenvalue weighted by Gasteiger charge is -2.09. The van der Waals surface area contributed by atoms with Gasteiger partial charge in [0, 0.05) is 4.47 Å². The maximum absolute atomic E-state index is 12.1. The monoisotopic (exact) mass is 348 g/mol. The molecule has 5 nitrogen and oxygen atoms in total. The first-order valence-corrected chi connectivity index (χ1v) is 6.96. The number of nitrogens with one attached hydrogen (secondary N) is 1. The normalized spacial score (nSPS) is 10.2. The van der Waals surface area contributed by atoms with E-state index >= 15 is 0 Å². The van der Waals surface area contributed by atoms with Crippen LogP contribution in [0, 0.1) is 13.8 Å². The van der Waals surface area contributed by atoms with E-state index < -0.39 is 5.97 Å². The van der Waals surface area contributed by atoms with Gasteiger partial charge in [0.1, 0.15) is 5.69 Å². The van der Waals surface area contributed by atoms with E-state index in [1.807, 2.05) is 19.1 Å². The third-order valence-corrected chi connectivity index (χ3v) is 3.58. The average molecular weight is 349 g/mol. The van der Waals surface area contributed by atoms with E-state index in [1.165, 1.54) is 12.1 Å². The van der Waals surface area contributed by atoms with E-state index in [0.29, 0.717) is 11.4 Å². The van der Waals surface area contributed by atoms with Gasteiger partial charge in [-0.1, -0.05) is 6.07 Å². The van der Waals surface area contributed by atoms with Gasteiger partial charge in [-0.15, -0.1) is 0 Å². The van der Waals surface area contributed by atoms with Gasteiger partial charge in [-0.2, -0.15) is 0 Å². The number of benzene rings is 1. The number of amides is 1. The van der Waals surface area contributed by atoms with Crippen LogP contribution in [-0.4, -0.2) is 22.0 Å². The van der Waals surface area contributed by atoms with E-state index in [9.17, 15) is 9.59 Å². The first kappa shape index (κ1) is 15.2. The molecule has 6 heteroatoms. The fourth-order valence-electron chi connectivity index (χ4n) is 1.82. The molecule has 0 unspecified atom stereocenters. The molecule has 21 heavy (non-hydrogen) atoms. The Morgan fingerprint density at radius 3 is 2.48 bits per heavy atom. The van der Waals surface area contributed by atoms with Crippen molar-refractivity contribution in [3.63, 3.8) is 0 Å². The van der Waals surface area contributed by atoms with Crippen LogP contribution in [-0.2, 0) is 0 Å². The molecular formula is C15H13BrN2O3. The van der Waals surface area contributed by atoms with Crippen molar-refractivity contribution >= 4 is 33.5 Å². The third-order valence-electron chi connectivity index (χ3n) is 2.92. The largest absolute Gasteiger partial charge is 0.478 e. The highest BCUT2D eigenvalue weighted by atomic mass is 79.9. The van der Waals surface area contributed by atoms with E-state index in [2.05, 4.69) is 26.2 Å². The number of halogens is 1. The summed E-state index contributed by atoms with van der Waals surface area (Å²) >= 11 is 3.38. The van der Waals surface area contributed by atoms with Crippen molar-refractivity contribution < 1.29 is 14.7 Å². The summed E-state index contributed by atoms with van der Waals surface area (Å²) < 4.78 is 0.773. The van der Waals surface area contributed by atoms with Gasteiger partial charge >= 0.3 is 5.97 Å². The van der Waals surface area contributed by atoms with Gasteiger partial charge in [-0.25, -0.2) is 9.78 Å². The zero-order chi connectivity index (χ0) is 15.6. The first-order chi connectivity index (χ1) is 9.88. The lowest BCUT2D eigenvalue weighted by atomic mass is 10.2. The van der Waals surface area contributed by atoms with Gasteiger partial charge in [-0.3, -0.25) is 4.79 Å². The van der Waals surface area contributed by atoms with Crippen LogP contribution in [0.1, 0.15) is 32.1 Å². The number of aryl methyl sites for hydroxylation is 2. The molecule has 2 aromatic rings. The minimum Gasteiger partial charge on any atom is -0.478 e. The molecule has 1 aromatic heterocycles. The molecule has 2 rings (SSSR count). The summed E-state index contributed by atoms with van der Waals surface area (Å²) in [5.74, 6) is -1.45. The van der Waals surface area contributed by atoms with Gasteiger partial charge in [0.2, 0.25) is 0 Å². The number of aromatic nitrogens is 1. The lowest BCUT2D eigenvalue weighted by Crippen LogP contribution is -2.15. The van der Waals surface area contributed by atoms with E-state index in [0.717, 1.165) is 10.0 Å². The molecule has 0 saturated heterocycles. The summed E-state index contributed by atoms with van der Waals surface area (Å²) in [6.07, 6.45) is 0. The zero-order valence-electron chi connectivity index (χ0n) is 11.5.